The summed E-state index contributed by atoms with van der Waals surface area (Å²) < 4.78 is 12.4. The van der Waals surface area contributed by atoms with Crippen LogP contribution in [0.15, 0.2) is 12.4 Å². The number of hydrogen-bond acceptors (Lipinski definition) is 1. The van der Waals surface area contributed by atoms with E-state index in [9.17, 15) is 9.18 Å². The average Bonchev–Trinajstić information content (AvgIpc) is 2.75. The number of aryl methyl sites for hydroxylation is 1. The van der Waals surface area contributed by atoms with Crippen molar-refractivity contribution in [2.45, 2.75) is 19.8 Å². The van der Waals surface area contributed by atoms with Crippen LogP contribution in [0.1, 0.15) is 28.8 Å². The Morgan fingerprint density at radius 3 is 2.69 bits per heavy atom. The minimum atomic E-state index is -0.259. The number of aromatic amines is 1. The number of nitrogens with one attached hydrogen (secondary N) is 1. The molecule has 0 spiro atoms. The van der Waals surface area contributed by atoms with Crippen molar-refractivity contribution in [1.29, 1.82) is 0 Å². The zero-order valence-electron chi connectivity index (χ0n) is 9.50. The first-order chi connectivity index (χ1) is 7.72. The van der Waals surface area contributed by atoms with E-state index in [2.05, 4.69) is 4.98 Å². The maximum Gasteiger partial charge on any atom is 0.255 e. The summed E-state index contributed by atoms with van der Waals surface area (Å²) in [7, 11) is 0. The van der Waals surface area contributed by atoms with Crippen LogP contribution in [0.3, 0.4) is 0 Å². The molecule has 3 nitrogen and oxygen atoms in total. The first-order valence-electron chi connectivity index (χ1n) is 5.71. The van der Waals surface area contributed by atoms with Crippen molar-refractivity contribution in [3.05, 3.63) is 23.5 Å². The molecule has 2 rings (SSSR count). The number of alkyl halides is 1. The summed E-state index contributed by atoms with van der Waals surface area (Å²) in [5.41, 5.74) is 1.70. The van der Waals surface area contributed by atoms with E-state index in [1.165, 1.54) is 0 Å². The highest BCUT2D eigenvalue weighted by atomic mass is 19.1. The van der Waals surface area contributed by atoms with Gasteiger partial charge in [0.2, 0.25) is 0 Å². The molecule has 0 aromatic carbocycles. The van der Waals surface area contributed by atoms with Crippen LogP contribution in [0.4, 0.5) is 4.39 Å². The number of aromatic nitrogens is 1. The Balaban J connectivity index is 2.00. The highest BCUT2D eigenvalue weighted by Crippen LogP contribution is 2.20. The molecule has 88 valence electrons. The van der Waals surface area contributed by atoms with Crippen LogP contribution in [0.25, 0.3) is 0 Å². The van der Waals surface area contributed by atoms with Gasteiger partial charge in [-0.05, 0) is 31.2 Å². The molecule has 1 N–H and O–H groups in total. The van der Waals surface area contributed by atoms with E-state index < -0.39 is 0 Å². The molecule has 2 heterocycles. The highest BCUT2D eigenvalue weighted by molar-refractivity contribution is 5.95. The molecular formula is C12H17FN2O. The fraction of sp³-hybridized carbons (Fsp3) is 0.583. The van der Waals surface area contributed by atoms with Gasteiger partial charge in [-0.15, -0.1) is 0 Å². The van der Waals surface area contributed by atoms with Crippen LogP contribution in [-0.4, -0.2) is 35.6 Å². The first-order valence-corrected chi connectivity index (χ1v) is 5.71. The van der Waals surface area contributed by atoms with Crippen molar-refractivity contribution in [3.63, 3.8) is 0 Å². The van der Waals surface area contributed by atoms with Gasteiger partial charge in [-0.2, -0.15) is 0 Å². The van der Waals surface area contributed by atoms with Crippen molar-refractivity contribution in [2.24, 2.45) is 5.92 Å². The number of likely N-dealkylation sites (tertiary alicyclic amines) is 1. The van der Waals surface area contributed by atoms with Crippen LogP contribution >= 0.6 is 0 Å². The molecule has 1 aromatic rings. The number of halogens is 1. The smallest absolute Gasteiger partial charge is 0.255 e. The molecule has 1 aromatic heterocycles. The lowest BCUT2D eigenvalue weighted by atomic mass is 9.98. The van der Waals surface area contributed by atoms with Crippen LogP contribution < -0.4 is 0 Å². The molecule has 4 heteroatoms. The van der Waals surface area contributed by atoms with Gasteiger partial charge in [0, 0.05) is 25.5 Å². The lowest BCUT2D eigenvalue weighted by Crippen LogP contribution is -2.39. The Morgan fingerprint density at radius 2 is 2.19 bits per heavy atom. The Labute approximate surface area is 94.6 Å². The van der Waals surface area contributed by atoms with E-state index >= 15 is 0 Å². The van der Waals surface area contributed by atoms with E-state index in [1.54, 1.807) is 6.20 Å². The Hall–Kier alpha value is -1.32. The van der Waals surface area contributed by atoms with Crippen molar-refractivity contribution in [3.8, 4) is 0 Å². The number of H-pyrrole nitrogens is 1. The second-order valence-corrected chi connectivity index (χ2v) is 4.44. The van der Waals surface area contributed by atoms with E-state index in [4.69, 9.17) is 0 Å². The largest absolute Gasteiger partial charge is 0.367 e. The predicted molar refractivity (Wildman–Crippen MR) is 60.1 cm³/mol. The van der Waals surface area contributed by atoms with Crippen LogP contribution in [-0.2, 0) is 0 Å². The van der Waals surface area contributed by atoms with Crippen LogP contribution in [0, 0.1) is 12.8 Å². The normalized spacial score (nSPS) is 17.8. The molecule has 0 saturated carbocycles. The van der Waals surface area contributed by atoms with Gasteiger partial charge in [0.05, 0.1) is 12.2 Å². The number of amides is 1. The maximum absolute atomic E-state index is 12.4. The van der Waals surface area contributed by atoms with Gasteiger partial charge in [-0.3, -0.25) is 9.18 Å². The van der Waals surface area contributed by atoms with Crippen molar-refractivity contribution in [2.75, 3.05) is 19.8 Å². The SMILES string of the molecule is Cc1c[nH]cc1C(=O)N1CCC(CF)CC1. The van der Waals surface area contributed by atoms with E-state index in [0.717, 1.165) is 24.0 Å². The third-order valence-corrected chi connectivity index (χ3v) is 3.30. The third kappa shape index (κ3) is 2.10. The lowest BCUT2D eigenvalue weighted by molar-refractivity contribution is 0.0677. The van der Waals surface area contributed by atoms with E-state index in [1.807, 2.05) is 18.0 Å². The summed E-state index contributed by atoms with van der Waals surface area (Å²) >= 11 is 0. The fourth-order valence-corrected chi connectivity index (χ4v) is 2.13. The summed E-state index contributed by atoms with van der Waals surface area (Å²) in [5, 5.41) is 0. The Morgan fingerprint density at radius 1 is 1.50 bits per heavy atom. The monoisotopic (exact) mass is 224 g/mol. The molecule has 0 atom stereocenters. The molecule has 0 radical (unpaired) electrons. The van der Waals surface area contributed by atoms with Crippen molar-refractivity contribution < 1.29 is 9.18 Å². The fourth-order valence-electron chi connectivity index (χ4n) is 2.13. The van der Waals surface area contributed by atoms with Gasteiger partial charge in [0.25, 0.3) is 5.91 Å². The van der Waals surface area contributed by atoms with E-state index in [0.29, 0.717) is 13.1 Å². The minimum Gasteiger partial charge on any atom is -0.367 e. The predicted octanol–water partition coefficient (Wildman–Crippen LogP) is 2.14. The quantitative estimate of drug-likeness (QED) is 0.821. The zero-order chi connectivity index (χ0) is 11.5. The van der Waals surface area contributed by atoms with Gasteiger partial charge in [0.15, 0.2) is 0 Å². The van der Waals surface area contributed by atoms with Gasteiger partial charge in [0.1, 0.15) is 0 Å². The molecule has 1 saturated heterocycles. The Bertz CT molecular complexity index is 367. The average molecular weight is 224 g/mol. The lowest BCUT2D eigenvalue weighted by Gasteiger charge is -2.30. The molecule has 0 unspecified atom stereocenters. The van der Waals surface area contributed by atoms with Crippen LogP contribution in [0.5, 0.6) is 0 Å². The summed E-state index contributed by atoms with van der Waals surface area (Å²) in [5.74, 6) is 0.215. The molecule has 1 aliphatic rings. The second-order valence-electron chi connectivity index (χ2n) is 4.44. The highest BCUT2D eigenvalue weighted by Gasteiger charge is 2.24. The maximum atomic E-state index is 12.4. The van der Waals surface area contributed by atoms with Crippen LogP contribution in [0.2, 0.25) is 0 Å². The van der Waals surface area contributed by atoms with Crippen molar-refractivity contribution >= 4 is 5.91 Å². The number of hydrogen-bond donors (Lipinski definition) is 1. The van der Waals surface area contributed by atoms with Gasteiger partial charge < -0.3 is 9.88 Å². The molecule has 16 heavy (non-hydrogen) atoms. The van der Waals surface area contributed by atoms with Gasteiger partial charge in [-0.25, -0.2) is 0 Å². The summed E-state index contributed by atoms with van der Waals surface area (Å²) in [6.45, 7) is 3.01. The summed E-state index contributed by atoms with van der Waals surface area (Å²) in [6.07, 6.45) is 5.12. The number of carbonyl (C=O) groups excluding carboxylic acids is 1. The number of carbonyl (C=O) groups is 1. The first kappa shape index (κ1) is 11.2. The van der Waals surface area contributed by atoms with Gasteiger partial charge in [-0.1, -0.05) is 0 Å². The summed E-state index contributed by atoms with van der Waals surface area (Å²) in [6, 6.07) is 0. The number of piperidine rings is 1. The van der Waals surface area contributed by atoms with Gasteiger partial charge >= 0.3 is 0 Å². The number of rotatable bonds is 2. The molecule has 1 amide bonds. The molecular weight excluding hydrogens is 207 g/mol. The minimum absolute atomic E-state index is 0.0658. The van der Waals surface area contributed by atoms with Crippen molar-refractivity contribution in [1.82, 2.24) is 9.88 Å². The zero-order valence-corrected chi connectivity index (χ0v) is 9.50. The topological polar surface area (TPSA) is 36.1 Å². The molecule has 0 aliphatic carbocycles. The Kier molecular flexibility index (Phi) is 3.27. The number of nitrogens with zero attached hydrogens (tertiary/aromatic N) is 1. The standard InChI is InChI=1S/C12H17FN2O/c1-9-7-14-8-11(9)12(16)15-4-2-10(6-13)3-5-15/h7-8,10,14H,2-6H2,1H3. The molecule has 0 bridgehead atoms. The molecule has 1 fully saturated rings. The second kappa shape index (κ2) is 4.68. The summed E-state index contributed by atoms with van der Waals surface area (Å²) in [4.78, 5) is 16.8. The third-order valence-electron chi connectivity index (χ3n) is 3.30. The van der Waals surface area contributed by atoms with E-state index in [-0.39, 0.29) is 18.5 Å². The molecule has 1 aliphatic heterocycles.